The minimum atomic E-state index is -0.456. The van der Waals surface area contributed by atoms with Crippen molar-refractivity contribution in [1.29, 1.82) is 0 Å². The van der Waals surface area contributed by atoms with Crippen molar-refractivity contribution in [2.24, 2.45) is 5.10 Å². The highest BCUT2D eigenvalue weighted by atomic mass is 16.2. The SMILES string of the molecule is CCCn1nc(C(=O)N/N=C/C=C2/N(C)c3ccccc3C2(C)C)c2ccccc2c1=O. The number of carbonyl (C=O) groups is 1. The summed E-state index contributed by atoms with van der Waals surface area (Å²) in [6.07, 6.45) is 4.23. The maximum absolute atomic E-state index is 12.9. The van der Waals surface area contributed by atoms with E-state index in [1.165, 1.54) is 10.2 Å². The van der Waals surface area contributed by atoms with Gasteiger partial charge in [-0.2, -0.15) is 10.2 Å². The molecule has 4 rings (SSSR count). The zero-order chi connectivity index (χ0) is 22.9. The van der Waals surface area contributed by atoms with Crippen molar-refractivity contribution in [1.82, 2.24) is 15.2 Å². The van der Waals surface area contributed by atoms with Crippen LogP contribution in [0.1, 0.15) is 43.2 Å². The number of amides is 1. The van der Waals surface area contributed by atoms with Crippen LogP contribution in [0.4, 0.5) is 5.69 Å². The topological polar surface area (TPSA) is 79.6 Å². The van der Waals surface area contributed by atoms with Gasteiger partial charge in [0.25, 0.3) is 11.5 Å². The van der Waals surface area contributed by atoms with Gasteiger partial charge in [-0.3, -0.25) is 9.59 Å². The molecule has 1 aliphatic rings. The van der Waals surface area contributed by atoms with Crippen molar-refractivity contribution in [3.8, 4) is 0 Å². The molecule has 2 heterocycles. The summed E-state index contributed by atoms with van der Waals surface area (Å²) in [5.41, 5.74) is 5.87. The first kappa shape index (κ1) is 21.5. The van der Waals surface area contributed by atoms with Crippen LogP contribution >= 0.6 is 0 Å². The van der Waals surface area contributed by atoms with Crippen molar-refractivity contribution in [3.05, 3.63) is 81.9 Å². The Labute approximate surface area is 187 Å². The van der Waals surface area contributed by atoms with E-state index in [1.807, 2.05) is 32.2 Å². The largest absolute Gasteiger partial charge is 0.347 e. The van der Waals surface area contributed by atoms with E-state index in [0.29, 0.717) is 17.3 Å². The molecule has 1 aliphatic heterocycles. The Balaban J connectivity index is 1.59. The Morgan fingerprint density at radius 2 is 1.81 bits per heavy atom. The van der Waals surface area contributed by atoms with E-state index in [2.05, 4.69) is 46.5 Å². The van der Waals surface area contributed by atoms with E-state index in [1.54, 1.807) is 30.5 Å². The van der Waals surface area contributed by atoms with Crippen molar-refractivity contribution < 1.29 is 4.79 Å². The lowest BCUT2D eigenvalue weighted by molar-refractivity contribution is 0.0949. The number of likely N-dealkylation sites (N-methyl/N-ethyl adjacent to an activating group) is 1. The van der Waals surface area contributed by atoms with Crippen LogP contribution in [0.5, 0.6) is 0 Å². The minimum absolute atomic E-state index is 0.172. The van der Waals surface area contributed by atoms with Crippen molar-refractivity contribution >= 4 is 28.6 Å². The van der Waals surface area contributed by atoms with Crippen molar-refractivity contribution in [3.63, 3.8) is 0 Å². The second kappa shape index (κ2) is 8.42. The highest BCUT2D eigenvalue weighted by Crippen LogP contribution is 2.46. The number of aromatic nitrogens is 2. The van der Waals surface area contributed by atoms with Gasteiger partial charge < -0.3 is 4.90 Å². The van der Waals surface area contributed by atoms with E-state index in [0.717, 1.165) is 17.8 Å². The Kier molecular flexibility index (Phi) is 5.65. The molecule has 32 heavy (non-hydrogen) atoms. The number of allylic oxidation sites excluding steroid dienone is 2. The average molecular weight is 430 g/mol. The maximum Gasteiger partial charge on any atom is 0.292 e. The first-order valence-electron chi connectivity index (χ1n) is 10.7. The third-order valence-electron chi connectivity index (χ3n) is 5.93. The number of para-hydroxylation sites is 1. The van der Waals surface area contributed by atoms with E-state index in [9.17, 15) is 9.59 Å². The molecule has 164 valence electrons. The van der Waals surface area contributed by atoms with Crippen molar-refractivity contribution in [2.75, 3.05) is 11.9 Å². The number of hydrogen-bond acceptors (Lipinski definition) is 5. The Morgan fingerprint density at radius 1 is 1.12 bits per heavy atom. The van der Waals surface area contributed by atoms with Gasteiger partial charge in [-0.1, -0.05) is 57.2 Å². The van der Waals surface area contributed by atoms with Gasteiger partial charge in [0.2, 0.25) is 0 Å². The molecule has 0 fully saturated rings. The molecule has 3 aromatic rings. The molecule has 0 spiro atoms. The lowest BCUT2D eigenvalue weighted by atomic mass is 9.84. The van der Waals surface area contributed by atoms with Gasteiger partial charge >= 0.3 is 0 Å². The fourth-order valence-corrected chi connectivity index (χ4v) is 4.32. The third kappa shape index (κ3) is 3.60. The number of aryl methyl sites for hydroxylation is 1. The normalized spacial score (nSPS) is 16.1. The zero-order valence-electron chi connectivity index (χ0n) is 18.8. The predicted octanol–water partition coefficient (Wildman–Crippen LogP) is 3.83. The summed E-state index contributed by atoms with van der Waals surface area (Å²) < 4.78 is 1.34. The number of rotatable bonds is 5. The lowest BCUT2D eigenvalue weighted by Gasteiger charge is -2.23. The van der Waals surface area contributed by atoms with Crippen LogP contribution in [0, 0.1) is 0 Å². The summed E-state index contributed by atoms with van der Waals surface area (Å²) in [5, 5.41) is 9.42. The lowest BCUT2D eigenvalue weighted by Crippen LogP contribution is -2.29. The molecule has 0 saturated carbocycles. The van der Waals surface area contributed by atoms with Crippen LogP contribution in [0.3, 0.4) is 0 Å². The van der Waals surface area contributed by atoms with E-state index in [-0.39, 0.29) is 16.7 Å². The number of anilines is 1. The average Bonchev–Trinajstić information content (AvgIpc) is 2.99. The standard InChI is InChI=1S/C25H27N5O2/c1-5-16-30-24(32)18-11-7-6-10-17(18)22(28-30)23(31)27-26-15-14-21-25(2,3)19-12-8-9-13-20(19)29(21)4/h6-15H,5,16H2,1-4H3,(H,27,31)/b21-14+,26-15+. The van der Waals surface area contributed by atoms with Gasteiger partial charge in [-0.05, 0) is 30.2 Å². The van der Waals surface area contributed by atoms with E-state index >= 15 is 0 Å². The molecule has 0 unspecified atom stereocenters. The molecule has 2 aromatic carbocycles. The molecular formula is C25H27N5O2. The highest BCUT2D eigenvalue weighted by Gasteiger charge is 2.37. The summed E-state index contributed by atoms with van der Waals surface area (Å²) in [7, 11) is 2.03. The number of benzene rings is 2. The Morgan fingerprint density at radius 3 is 2.53 bits per heavy atom. The van der Waals surface area contributed by atoms with Gasteiger partial charge in [0.05, 0.1) is 5.39 Å². The van der Waals surface area contributed by atoms with Crippen LogP contribution in [0.25, 0.3) is 10.8 Å². The molecular weight excluding hydrogens is 402 g/mol. The number of carbonyl (C=O) groups excluding carboxylic acids is 1. The molecule has 0 aliphatic carbocycles. The minimum Gasteiger partial charge on any atom is -0.347 e. The Bertz CT molecular complexity index is 1300. The number of hydrazone groups is 1. The van der Waals surface area contributed by atoms with Crippen LogP contribution in [-0.2, 0) is 12.0 Å². The maximum atomic E-state index is 12.9. The second-order valence-corrected chi connectivity index (χ2v) is 8.39. The first-order chi connectivity index (χ1) is 15.4. The fraction of sp³-hybridized carbons (Fsp3) is 0.280. The van der Waals surface area contributed by atoms with E-state index < -0.39 is 5.91 Å². The number of nitrogens with zero attached hydrogens (tertiary/aromatic N) is 4. The monoisotopic (exact) mass is 429 g/mol. The molecule has 1 N–H and O–H groups in total. The van der Waals surface area contributed by atoms with Crippen LogP contribution in [0.15, 0.2) is 70.2 Å². The molecule has 7 heteroatoms. The van der Waals surface area contributed by atoms with Crippen LogP contribution in [-0.4, -0.2) is 28.9 Å². The first-order valence-corrected chi connectivity index (χ1v) is 10.7. The number of fused-ring (bicyclic) bond motifs is 2. The summed E-state index contributed by atoms with van der Waals surface area (Å²) >= 11 is 0. The number of hydrogen-bond donors (Lipinski definition) is 1. The fourth-order valence-electron chi connectivity index (χ4n) is 4.32. The molecule has 0 bridgehead atoms. The van der Waals surface area contributed by atoms with Gasteiger partial charge in [0.15, 0.2) is 5.69 Å². The van der Waals surface area contributed by atoms with Crippen molar-refractivity contribution in [2.45, 2.75) is 39.2 Å². The summed E-state index contributed by atoms with van der Waals surface area (Å²) in [5.74, 6) is -0.456. The van der Waals surface area contributed by atoms with Crippen LogP contribution in [0.2, 0.25) is 0 Å². The highest BCUT2D eigenvalue weighted by molar-refractivity contribution is 6.04. The van der Waals surface area contributed by atoms with Gasteiger partial charge in [0.1, 0.15) is 0 Å². The quantitative estimate of drug-likeness (QED) is 0.494. The molecule has 0 saturated heterocycles. The molecule has 1 aromatic heterocycles. The molecule has 0 atom stereocenters. The van der Waals surface area contributed by atoms with Gasteiger partial charge in [-0.25, -0.2) is 10.1 Å². The smallest absolute Gasteiger partial charge is 0.292 e. The summed E-state index contributed by atoms with van der Waals surface area (Å²) in [6.45, 7) is 6.74. The number of nitrogens with one attached hydrogen (secondary N) is 1. The molecule has 7 nitrogen and oxygen atoms in total. The third-order valence-corrected chi connectivity index (χ3v) is 5.93. The zero-order valence-corrected chi connectivity index (χ0v) is 18.8. The molecule has 1 amide bonds. The van der Waals surface area contributed by atoms with Gasteiger partial charge in [-0.15, -0.1) is 0 Å². The summed E-state index contributed by atoms with van der Waals surface area (Å²) in [6, 6.07) is 15.3. The van der Waals surface area contributed by atoms with E-state index in [4.69, 9.17) is 0 Å². The van der Waals surface area contributed by atoms with Crippen LogP contribution < -0.4 is 15.9 Å². The predicted molar refractivity (Wildman–Crippen MR) is 128 cm³/mol. The second-order valence-electron chi connectivity index (χ2n) is 8.39. The summed E-state index contributed by atoms with van der Waals surface area (Å²) in [4.78, 5) is 27.6. The Hall–Kier alpha value is -3.74. The molecule has 0 radical (unpaired) electrons. The van der Waals surface area contributed by atoms with Gasteiger partial charge in [0, 0.05) is 42.0 Å².